The van der Waals surface area contributed by atoms with Gasteiger partial charge in [-0.2, -0.15) is 5.01 Å². The molecule has 7 rings (SSSR count). The highest BCUT2D eigenvalue weighted by Gasteiger charge is 2.70. The standard InChI is InChI=1S/C37H35Cl2N3O7/c1-4-41-33(44)23-15-14-22-25(30(23)35(41)46)18-26-34(45)42(40-28-16-11-20(38)17-27(28)39)36(47)37(26,19-9-12-21(48-3)13-10-19)31(22)24-7-6-8-29(32(24)43)49-5-2/h6-14,16-17,23,25-26,30-31,40,43H,4-5,15,18H2,1-3H3. The maximum Gasteiger partial charge on any atom is 0.260 e. The van der Waals surface area contributed by atoms with Crippen molar-refractivity contribution in [1.82, 2.24) is 9.91 Å². The first-order valence-electron chi connectivity index (χ1n) is 16.3. The van der Waals surface area contributed by atoms with E-state index in [1.807, 2.05) is 6.08 Å². The van der Waals surface area contributed by atoms with Gasteiger partial charge in [0.25, 0.3) is 11.8 Å². The lowest BCUT2D eigenvalue weighted by atomic mass is 9.49. The molecule has 2 aliphatic heterocycles. The molecule has 4 aliphatic rings. The molecule has 0 bridgehead atoms. The Balaban J connectivity index is 1.49. The van der Waals surface area contributed by atoms with E-state index in [4.69, 9.17) is 32.7 Å². The fraction of sp³-hybridized carbons (Fsp3) is 0.351. The lowest BCUT2D eigenvalue weighted by Gasteiger charge is -2.50. The van der Waals surface area contributed by atoms with Crippen LogP contribution in [0.1, 0.15) is 43.7 Å². The molecule has 254 valence electrons. The molecular formula is C37H35Cl2N3O7. The Hall–Kier alpha value is -4.54. The summed E-state index contributed by atoms with van der Waals surface area (Å²) >= 11 is 12.7. The van der Waals surface area contributed by atoms with E-state index >= 15 is 4.79 Å². The van der Waals surface area contributed by atoms with Crippen molar-refractivity contribution in [3.63, 3.8) is 0 Å². The molecular weight excluding hydrogens is 669 g/mol. The molecule has 3 aromatic carbocycles. The highest BCUT2D eigenvalue weighted by atomic mass is 35.5. The summed E-state index contributed by atoms with van der Waals surface area (Å²) in [6, 6.07) is 16.8. The number of hydrogen-bond donors (Lipinski definition) is 2. The van der Waals surface area contributed by atoms with E-state index < -0.39 is 46.8 Å². The lowest BCUT2D eigenvalue weighted by Crippen LogP contribution is -2.53. The molecule has 10 nitrogen and oxygen atoms in total. The number of halogens is 2. The van der Waals surface area contributed by atoms with Crippen molar-refractivity contribution in [3.05, 3.63) is 93.5 Å². The number of allylic oxidation sites excluding steroid dienone is 2. The average molecular weight is 705 g/mol. The Bertz CT molecular complexity index is 1910. The molecule has 3 fully saturated rings. The number of ether oxygens (including phenoxy) is 2. The first-order valence-corrected chi connectivity index (χ1v) is 17.1. The zero-order valence-electron chi connectivity index (χ0n) is 27.1. The molecule has 0 radical (unpaired) electrons. The minimum absolute atomic E-state index is 0.120. The van der Waals surface area contributed by atoms with Crippen LogP contribution < -0.4 is 14.9 Å². The number of methoxy groups -OCH3 is 1. The number of hydrazine groups is 1. The quantitative estimate of drug-likeness (QED) is 0.213. The fourth-order valence-electron chi connectivity index (χ4n) is 8.61. The number of hydrogen-bond acceptors (Lipinski definition) is 8. The largest absolute Gasteiger partial charge is 0.504 e. The number of phenols is 1. The number of anilines is 1. The van der Waals surface area contributed by atoms with Gasteiger partial charge >= 0.3 is 0 Å². The van der Waals surface area contributed by atoms with Crippen molar-refractivity contribution in [1.29, 1.82) is 0 Å². The normalized spacial score (nSPS) is 27.4. The van der Waals surface area contributed by atoms with Gasteiger partial charge in [-0.15, -0.1) is 0 Å². The van der Waals surface area contributed by atoms with E-state index in [0.717, 1.165) is 10.6 Å². The van der Waals surface area contributed by atoms with E-state index in [0.29, 0.717) is 27.6 Å². The molecule has 6 atom stereocenters. The fourth-order valence-corrected chi connectivity index (χ4v) is 9.06. The number of nitrogens with zero attached hydrogens (tertiary/aromatic N) is 2. The summed E-state index contributed by atoms with van der Waals surface area (Å²) in [7, 11) is 1.54. The molecule has 2 aliphatic carbocycles. The van der Waals surface area contributed by atoms with Crippen LogP contribution in [0.3, 0.4) is 0 Å². The van der Waals surface area contributed by atoms with Crippen molar-refractivity contribution in [2.24, 2.45) is 23.7 Å². The summed E-state index contributed by atoms with van der Waals surface area (Å²) in [6.45, 7) is 4.09. The van der Waals surface area contributed by atoms with E-state index in [1.54, 1.807) is 68.4 Å². The topological polar surface area (TPSA) is 125 Å². The number of para-hydroxylation sites is 1. The zero-order valence-corrected chi connectivity index (χ0v) is 28.6. The van der Waals surface area contributed by atoms with E-state index in [-0.39, 0.29) is 54.3 Å². The van der Waals surface area contributed by atoms with Gasteiger partial charge in [-0.25, -0.2) is 0 Å². The van der Waals surface area contributed by atoms with Crippen LogP contribution >= 0.6 is 23.2 Å². The molecule has 3 aromatic rings. The number of fused-ring (bicyclic) bond motifs is 4. The summed E-state index contributed by atoms with van der Waals surface area (Å²) in [5, 5.41) is 13.4. The van der Waals surface area contributed by atoms with Crippen LogP contribution in [0.25, 0.3) is 0 Å². The summed E-state index contributed by atoms with van der Waals surface area (Å²) in [4.78, 5) is 58.7. The summed E-state index contributed by atoms with van der Waals surface area (Å²) in [6.07, 6.45) is 2.35. The number of rotatable bonds is 8. The summed E-state index contributed by atoms with van der Waals surface area (Å²) < 4.78 is 11.2. The van der Waals surface area contributed by atoms with Crippen molar-refractivity contribution in [3.8, 4) is 17.2 Å². The third kappa shape index (κ3) is 4.82. The molecule has 12 heteroatoms. The number of carbonyl (C=O) groups excluding carboxylic acids is 4. The highest BCUT2D eigenvalue weighted by Crippen LogP contribution is 2.65. The Morgan fingerprint density at radius 3 is 2.39 bits per heavy atom. The number of carbonyl (C=O) groups is 4. The second-order valence-electron chi connectivity index (χ2n) is 12.8. The number of imide groups is 2. The van der Waals surface area contributed by atoms with Crippen LogP contribution in [0.15, 0.2) is 72.3 Å². The first kappa shape index (κ1) is 33.0. The van der Waals surface area contributed by atoms with Crippen LogP contribution in [-0.2, 0) is 24.6 Å². The average Bonchev–Trinajstić information content (AvgIpc) is 3.47. The van der Waals surface area contributed by atoms with Crippen LogP contribution in [0, 0.1) is 23.7 Å². The van der Waals surface area contributed by atoms with Gasteiger partial charge in [-0.1, -0.05) is 59.1 Å². The number of aromatic hydroxyl groups is 1. The molecule has 2 heterocycles. The van der Waals surface area contributed by atoms with Crippen molar-refractivity contribution in [2.75, 3.05) is 25.7 Å². The van der Waals surface area contributed by atoms with Crippen LogP contribution in [-0.4, -0.2) is 58.9 Å². The van der Waals surface area contributed by atoms with Gasteiger partial charge in [0.15, 0.2) is 11.5 Å². The summed E-state index contributed by atoms with van der Waals surface area (Å²) in [5.41, 5.74) is 3.29. The number of amides is 4. The second-order valence-corrected chi connectivity index (χ2v) is 13.6. The van der Waals surface area contributed by atoms with E-state index in [9.17, 15) is 19.5 Å². The van der Waals surface area contributed by atoms with Gasteiger partial charge in [0, 0.05) is 23.0 Å². The maximum absolute atomic E-state index is 15.3. The third-order valence-corrected chi connectivity index (χ3v) is 11.2. The first-order chi connectivity index (χ1) is 23.6. The van der Waals surface area contributed by atoms with Crippen molar-refractivity contribution < 1.29 is 33.8 Å². The van der Waals surface area contributed by atoms with E-state index in [1.165, 1.54) is 18.1 Å². The molecule has 4 amide bonds. The molecule has 0 aromatic heterocycles. The van der Waals surface area contributed by atoms with Gasteiger partial charge in [0.05, 0.1) is 47.6 Å². The minimum Gasteiger partial charge on any atom is -0.504 e. The Labute approximate surface area is 293 Å². The number of nitrogens with one attached hydrogen (secondary N) is 1. The number of benzene rings is 3. The lowest BCUT2D eigenvalue weighted by molar-refractivity contribution is -0.141. The Morgan fingerprint density at radius 2 is 1.71 bits per heavy atom. The van der Waals surface area contributed by atoms with Crippen LogP contribution in [0.2, 0.25) is 10.0 Å². The SMILES string of the molecule is CCOc1cccc(C2C3=CCC4C(=O)N(CC)C(=O)C4C3CC3C(=O)N(Nc4ccc(Cl)cc4Cl)C(=O)C32c2ccc(OC)cc2)c1O. The second kappa shape index (κ2) is 12.4. The Morgan fingerprint density at radius 1 is 0.959 bits per heavy atom. The predicted octanol–water partition coefficient (Wildman–Crippen LogP) is 6.11. The van der Waals surface area contributed by atoms with Gasteiger partial charge in [0.1, 0.15) is 5.75 Å². The van der Waals surface area contributed by atoms with Gasteiger partial charge < -0.3 is 14.6 Å². The minimum atomic E-state index is -1.59. The molecule has 6 unspecified atom stereocenters. The smallest absolute Gasteiger partial charge is 0.260 e. The van der Waals surface area contributed by atoms with Crippen LogP contribution in [0.4, 0.5) is 5.69 Å². The van der Waals surface area contributed by atoms with E-state index in [2.05, 4.69) is 5.43 Å². The highest BCUT2D eigenvalue weighted by molar-refractivity contribution is 6.36. The third-order valence-electron chi connectivity index (χ3n) is 10.6. The molecule has 0 spiro atoms. The number of phenolic OH excluding ortho intramolecular Hbond substituents is 1. The van der Waals surface area contributed by atoms with Crippen molar-refractivity contribution >= 4 is 52.5 Å². The van der Waals surface area contributed by atoms with Gasteiger partial charge in [0.2, 0.25) is 11.8 Å². The maximum atomic E-state index is 15.3. The zero-order chi connectivity index (χ0) is 34.8. The van der Waals surface area contributed by atoms with Crippen LogP contribution in [0.5, 0.6) is 17.2 Å². The summed E-state index contributed by atoms with van der Waals surface area (Å²) in [5.74, 6) is -4.76. The molecule has 2 saturated heterocycles. The molecule has 2 N–H and O–H groups in total. The Kier molecular flexibility index (Phi) is 8.35. The predicted molar refractivity (Wildman–Crippen MR) is 182 cm³/mol. The van der Waals surface area contributed by atoms with Gasteiger partial charge in [-0.3, -0.25) is 29.5 Å². The van der Waals surface area contributed by atoms with Crippen molar-refractivity contribution in [2.45, 2.75) is 38.0 Å². The van der Waals surface area contributed by atoms with Gasteiger partial charge in [-0.05, 0) is 74.6 Å². The number of likely N-dealkylation sites (tertiary alicyclic amines) is 1. The monoisotopic (exact) mass is 703 g/mol. The molecule has 1 saturated carbocycles. The molecule has 49 heavy (non-hydrogen) atoms.